The van der Waals surface area contributed by atoms with Crippen molar-refractivity contribution in [3.63, 3.8) is 0 Å². The zero-order valence-corrected chi connectivity index (χ0v) is 19.0. The van der Waals surface area contributed by atoms with Crippen LogP contribution in [0.3, 0.4) is 0 Å². The third-order valence-corrected chi connectivity index (χ3v) is 6.46. The predicted octanol–water partition coefficient (Wildman–Crippen LogP) is 3.71. The van der Waals surface area contributed by atoms with Crippen LogP contribution in [-0.4, -0.2) is 40.6 Å². The van der Waals surface area contributed by atoms with Gasteiger partial charge in [0.15, 0.2) is 0 Å². The van der Waals surface area contributed by atoms with Gasteiger partial charge in [0.2, 0.25) is 5.91 Å². The molecule has 0 fully saturated rings. The van der Waals surface area contributed by atoms with Crippen molar-refractivity contribution >= 4 is 33.3 Å². The standard InChI is InChI=1S/C24H24N2O6S/c1-3-32-24(28)21-11-7-8-12-22(21)25-23(27)17-26(18-13-15-19(31-2)16-14-18)33(29,30)20-9-5-4-6-10-20/h4-16H,3,17H2,1-2H3,(H,25,27). The summed E-state index contributed by atoms with van der Waals surface area (Å²) >= 11 is 0. The van der Waals surface area contributed by atoms with Crippen LogP contribution in [0, 0.1) is 0 Å². The van der Waals surface area contributed by atoms with Gasteiger partial charge in [0.25, 0.3) is 10.0 Å². The molecular weight excluding hydrogens is 444 g/mol. The number of benzene rings is 3. The van der Waals surface area contributed by atoms with Crippen molar-refractivity contribution in [1.29, 1.82) is 0 Å². The molecule has 0 aliphatic carbocycles. The summed E-state index contributed by atoms with van der Waals surface area (Å²) in [5.74, 6) is -0.664. The number of sulfonamides is 1. The summed E-state index contributed by atoms with van der Waals surface area (Å²) in [7, 11) is -2.55. The van der Waals surface area contributed by atoms with Gasteiger partial charge in [-0.15, -0.1) is 0 Å². The molecule has 1 N–H and O–H groups in total. The van der Waals surface area contributed by atoms with Crippen LogP contribution < -0.4 is 14.4 Å². The molecular formula is C24H24N2O6S. The number of nitrogens with zero attached hydrogens (tertiary/aromatic N) is 1. The first kappa shape index (κ1) is 23.8. The van der Waals surface area contributed by atoms with Crippen molar-refractivity contribution in [1.82, 2.24) is 0 Å². The molecule has 0 unspecified atom stereocenters. The van der Waals surface area contributed by atoms with Crippen molar-refractivity contribution in [3.05, 3.63) is 84.4 Å². The Morgan fingerprint density at radius 1 is 0.909 bits per heavy atom. The highest BCUT2D eigenvalue weighted by Gasteiger charge is 2.27. The minimum absolute atomic E-state index is 0.0422. The van der Waals surface area contributed by atoms with Crippen molar-refractivity contribution in [2.45, 2.75) is 11.8 Å². The van der Waals surface area contributed by atoms with Gasteiger partial charge in [-0.25, -0.2) is 13.2 Å². The first-order valence-electron chi connectivity index (χ1n) is 10.1. The number of anilines is 2. The smallest absolute Gasteiger partial charge is 0.340 e. The molecule has 3 aromatic rings. The lowest BCUT2D eigenvalue weighted by Gasteiger charge is -2.24. The first-order chi connectivity index (χ1) is 15.9. The Kier molecular flexibility index (Phi) is 7.68. The predicted molar refractivity (Wildman–Crippen MR) is 125 cm³/mol. The molecule has 0 aliphatic heterocycles. The lowest BCUT2D eigenvalue weighted by molar-refractivity contribution is -0.114. The monoisotopic (exact) mass is 468 g/mol. The number of carbonyl (C=O) groups excluding carboxylic acids is 2. The van der Waals surface area contributed by atoms with E-state index in [4.69, 9.17) is 9.47 Å². The fraction of sp³-hybridized carbons (Fsp3) is 0.167. The SMILES string of the molecule is CCOC(=O)c1ccccc1NC(=O)CN(c1ccc(OC)cc1)S(=O)(=O)c1ccccc1. The van der Waals surface area contributed by atoms with Crippen molar-refractivity contribution in [2.24, 2.45) is 0 Å². The summed E-state index contributed by atoms with van der Waals surface area (Å²) in [6, 6.07) is 20.5. The molecule has 172 valence electrons. The second-order valence-corrected chi connectivity index (χ2v) is 8.70. The Hall–Kier alpha value is -3.85. The van der Waals surface area contributed by atoms with Gasteiger partial charge in [-0.05, 0) is 55.5 Å². The van der Waals surface area contributed by atoms with Crippen LogP contribution in [0.2, 0.25) is 0 Å². The molecule has 3 aromatic carbocycles. The zero-order chi connectivity index (χ0) is 23.8. The van der Waals surface area contributed by atoms with E-state index in [2.05, 4.69) is 5.32 Å². The minimum Gasteiger partial charge on any atom is -0.497 e. The molecule has 0 atom stereocenters. The van der Waals surface area contributed by atoms with E-state index in [0.717, 1.165) is 4.31 Å². The quantitative estimate of drug-likeness (QED) is 0.481. The van der Waals surface area contributed by atoms with Crippen LogP contribution in [0.1, 0.15) is 17.3 Å². The molecule has 0 aliphatic rings. The van der Waals surface area contributed by atoms with Crippen molar-refractivity contribution in [3.8, 4) is 5.75 Å². The molecule has 0 heterocycles. The van der Waals surface area contributed by atoms with Gasteiger partial charge in [-0.2, -0.15) is 0 Å². The normalized spacial score (nSPS) is 10.8. The fourth-order valence-electron chi connectivity index (χ4n) is 3.08. The molecule has 3 rings (SSSR count). The molecule has 0 aromatic heterocycles. The Labute approximate surface area is 192 Å². The number of rotatable bonds is 9. The molecule has 8 nitrogen and oxygen atoms in total. The van der Waals surface area contributed by atoms with E-state index in [0.29, 0.717) is 5.75 Å². The number of hydrogen-bond acceptors (Lipinski definition) is 6. The average molecular weight is 469 g/mol. The summed E-state index contributed by atoms with van der Waals surface area (Å²) in [6.07, 6.45) is 0. The van der Waals surface area contributed by atoms with E-state index in [9.17, 15) is 18.0 Å². The summed E-state index contributed by atoms with van der Waals surface area (Å²) in [4.78, 5) is 25.2. The maximum Gasteiger partial charge on any atom is 0.340 e. The highest BCUT2D eigenvalue weighted by atomic mass is 32.2. The molecule has 0 saturated carbocycles. The number of amides is 1. The topological polar surface area (TPSA) is 102 Å². The van der Waals surface area contributed by atoms with E-state index in [-0.39, 0.29) is 28.4 Å². The Balaban J connectivity index is 1.93. The first-order valence-corrected chi connectivity index (χ1v) is 11.6. The number of para-hydroxylation sites is 1. The minimum atomic E-state index is -4.06. The molecule has 0 spiro atoms. The summed E-state index contributed by atoms with van der Waals surface area (Å²) in [5, 5.41) is 2.63. The van der Waals surface area contributed by atoms with Gasteiger partial charge in [-0.3, -0.25) is 9.10 Å². The van der Waals surface area contributed by atoms with Crippen LogP contribution in [0.25, 0.3) is 0 Å². The van der Waals surface area contributed by atoms with Gasteiger partial charge >= 0.3 is 5.97 Å². The average Bonchev–Trinajstić information content (AvgIpc) is 2.83. The molecule has 33 heavy (non-hydrogen) atoms. The maximum absolute atomic E-state index is 13.4. The largest absolute Gasteiger partial charge is 0.497 e. The highest BCUT2D eigenvalue weighted by Crippen LogP contribution is 2.26. The fourth-order valence-corrected chi connectivity index (χ4v) is 4.52. The van der Waals surface area contributed by atoms with Crippen molar-refractivity contribution < 1.29 is 27.5 Å². The number of carbonyl (C=O) groups is 2. The number of esters is 1. The summed E-state index contributed by atoms with van der Waals surface area (Å²) in [6.45, 7) is 1.35. The van der Waals surface area contributed by atoms with Crippen LogP contribution in [-0.2, 0) is 19.6 Å². The number of ether oxygens (including phenoxy) is 2. The van der Waals surface area contributed by atoms with Gasteiger partial charge < -0.3 is 14.8 Å². The van der Waals surface area contributed by atoms with E-state index in [1.807, 2.05) is 0 Å². The second kappa shape index (κ2) is 10.6. The molecule has 1 amide bonds. The van der Waals surface area contributed by atoms with E-state index < -0.39 is 28.4 Å². The van der Waals surface area contributed by atoms with Gasteiger partial charge in [-0.1, -0.05) is 30.3 Å². The molecule has 0 saturated heterocycles. The molecule has 9 heteroatoms. The third-order valence-electron chi connectivity index (χ3n) is 4.68. The molecule has 0 bridgehead atoms. The summed E-state index contributed by atoms with van der Waals surface area (Å²) in [5.41, 5.74) is 0.691. The highest BCUT2D eigenvalue weighted by molar-refractivity contribution is 7.92. The molecule has 0 radical (unpaired) electrons. The zero-order valence-electron chi connectivity index (χ0n) is 18.2. The van der Waals surface area contributed by atoms with Gasteiger partial charge in [0.1, 0.15) is 12.3 Å². The maximum atomic E-state index is 13.4. The van der Waals surface area contributed by atoms with Gasteiger partial charge in [0, 0.05) is 0 Å². The Morgan fingerprint density at radius 3 is 2.18 bits per heavy atom. The van der Waals surface area contributed by atoms with E-state index >= 15 is 0 Å². The second-order valence-electron chi connectivity index (χ2n) is 6.84. The number of methoxy groups -OCH3 is 1. The van der Waals surface area contributed by atoms with Crippen molar-refractivity contribution in [2.75, 3.05) is 29.9 Å². The van der Waals surface area contributed by atoms with Crippen LogP contribution >= 0.6 is 0 Å². The Morgan fingerprint density at radius 2 is 1.55 bits per heavy atom. The number of nitrogens with one attached hydrogen (secondary N) is 1. The van der Waals surface area contributed by atoms with E-state index in [1.54, 1.807) is 67.6 Å². The van der Waals surface area contributed by atoms with Gasteiger partial charge in [0.05, 0.1) is 35.6 Å². The lowest BCUT2D eigenvalue weighted by Crippen LogP contribution is -2.38. The van der Waals surface area contributed by atoms with E-state index in [1.165, 1.54) is 25.3 Å². The van der Waals surface area contributed by atoms with Crippen LogP contribution in [0.15, 0.2) is 83.8 Å². The summed E-state index contributed by atoms with van der Waals surface area (Å²) < 4.78 is 37.9. The lowest BCUT2D eigenvalue weighted by atomic mass is 10.2. The number of hydrogen-bond donors (Lipinski definition) is 1. The van der Waals surface area contributed by atoms with Crippen LogP contribution in [0.5, 0.6) is 5.75 Å². The van der Waals surface area contributed by atoms with Crippen LogP contribution in [0.4, 0.5) is 11.4 Å². The Bertz CT molecular complexity index is 1210. The third kappa shape index (κ3) is 5.69.